The summed E-state index contributed by atoms with van der Waals surface area (Å²) in [4.78, 5) is 4.56. The number of nitrogen functional groups attached to an aromatic ring is 1. The summed E-state index contributed by atoms with van der Waals surface area (Å²) in [7, 11) is 0. The molecule has 20 heavy (non-hydrogen) atoms. The monoisotopic (exact) mass is 279 g/mol. The molecule has 1 aliphatic heterocycles. The lowest BCUT2D eigenvalue weighted by atomic mass is 10.2. The molecular weight excluding hydrogens is 254 g/mol. The van der Waals surface area contributed by atoms with Crippen LogP contribution in [0.15, 0.2) is 18.2 Å². The van der Waals surface area contributed by atoms with Crippen molar-refractivity contribution in [3.8, 4) is 5.75 Å². The van der Waals surface area contributed by atoms with Gasteiger partial charge in [0.1, 0.15) is 5.75 Å². The molecule has 3 N–H and O–H groups in total. The summed E-state index contributed by atoms with van der Waals surface area (Å²) in [6.07, 6.45) is 0.976. The van der Waals surface area contributed by atoms with Crippen molar-refractivity contribution in [2.24, 2.45) is 0 Å². The fraction of sp³-hybridized carbons (Fsp3) is 0.600. The standard InChI is InChI=1S/C15H25N3O2/c1-2-12-20-14-5-3-4-13(15(14)16)18-8-6-17(7-9-18)10-11-19/h3-5,19H,2,6-12,16H2,1H3. The lowest BCUT2D eigenvalue weighted by molar-refractivity contribution is 0.189. The normalized spacial score (nSPS) is 16.4. The number of benzene rings is 1. The predicted octanol–water partition coefficient (Wildman–Crippen LogP) is 1.17. The zero-order valence-electron chi connectivity index (χ0n) is 12.2. The molecule has 1 aliphatic rings. The third kappa shape index (κ3) is 3.55. The molecule has 0 spiro atoms. The van der Waals surface area contributed by atoms with Crippen LogP contribution < -0.4 is 15.4 Å². The molecule has 0 aromatic heterocycles. The Hall–Kier alpha value is -1.46. The number of rotatable bonds is 6. The van der Waals surface area contributed by atoms with Gasteiger partial charge in [-0.2, -0.15) is 0 Å². The highest BCUT2D eigenvalue weighted by molar-refractivity contribution is 5.74. The molecule has 0 bridgehead atoms. The largest absolute Gasteiger partial charge is 0.491 e. The van der Waals surface area contributed by atoms with E-state index in [-0.39, 0.29) is 6.61 Å². The topological polar surface area (TPSA) is 62.0 Å². The first kappa shape index (κ1) is 14.9. The summed E-state index contributed by atoms with van der Waals surface area (Å²) < 4.78 is 5.68. The first-order valence-electron chi connectivity index (χ1n) is 7.35. The molecular formula is C15H25N3O2. The molecule has 1 aromatic carbocycles. The fourth-order valence-corrected chi connectivity index (χ4v) is 2.50. The minimum Gasteiger partial charge on any atom is -0.491 e. The second kappa shape index (κ2) is 7.36. The van der Waals surface area contributed by atoms with Gasteiger partial charge < -0.3 is 20.5 Å². The molecule has 1 saturated heterocycles. The van der Waals surface area contributed by atoms with E-state index in [1.54, 1.807) is 0 Å². The van der Waals surface area contributed by atoms with Gasteiger partial charge in [-0.15, -0.1) is 0 Å². The van der Waals surface area contributed by atoms with Crippen molar-refractivity contribution in [3.05, 3.63) is 18.2 Å². The van der Waals surface area contributed by atoms with E-state index in [2.05, 4.69) is 22.8 Å². The molecule has 2 rings (SSSR count). The van der Waals surface area contributed by atoms with Gasteiger partial charge in [0.25, 0.3) is 0 Å². The number of hydrogen-bond donors (Lipinski definition) is 2. The smallest absolute Gasteiger partial charge is 0.144 e. The molecule has 0 saturated carbocycles. The molecule has 1 fully saturated rings. The molecule has 1 aromatic rings. The Balaban J connectivity index is 2.02. The number of nitrogens with zero attached hydrogens (tertiary/aromatic N) is 2. The van der Waals surface area contributed by atoms with E-state index < -0.39 is 0 Å². The van der Waals surface area contributed by atoms with Crippen molar-refractivity contribution in [1.29, 1.82) is 0 Å². The van der Waals surface area contributed by atoms with Crippen LogP contribution in [0.4, 0.5) is 11.4 Å². The van der Waals surface area contributed by atoms with Gasteiger partial charge in [-0.25, -0.2) is 0 Å². The van der Waals surface area contributed by atoms with Crippen LogP contribution in [0.1, 0.15) is 13.3 Å². The Kier molecular flexibility index (Phi) is 5.49. The average Bonchev–Trinajstić information content (AvgIpc) is 2.48. The quantitative estimate of drug-likeness (QED) is 0.766. The number of anilines is 2. The summed E-state index contributed by atoms with van der Waals surface area (Å²) in [5.74, 6) is 0.780. The first-order valence-corrected chi connectivity index (χ1v) is 7.35. The highest BCUT2D eigenvalue weighted by Crippen LogP contribution is 2.32. The summed E-state index contributed by atoms with van der Waals surface area (Å²) in [5, 5.41) is 8.97. The van der Waals surface area contributed by atoms with E-state index in [1.165, 1.54) is 0 Å². The van der Waals surface area contributed by atoms with Crippen molar-refractivity contribution in [3.63, 3.8) is 0 Å². The van der Waals surface area contributed by atoms with Crippen LogP contribution in [0.25, 0.3) is 0 Å². The van der Waals surface area contributed by atoms with Gasteiger partial charge in [-0.05, 0) is 18.6 Å². The number of ether oxygens (including phenoxy) is 1. The van der Waals surface area contributed by atoms with Gasteiger partial charge in [0, 0.05) is 32.7 Å². The highest BCUT2D eigenvalue weighted by atomic mass is 16.5. The number of nitrogens with two attached hydrogens (primary N) is 1. The summed E-state index contributed by atoms with van der Waals surface area (Å²) in [6.45, 7) is 7.53. The molecule has 0 amide bonds. The van der Waals surface area contributed by atoms with Gasteiger partial charge in [-0.1, -0.05) is 13.0 Å². The van der Waals surface area contributed by atoms with Gasteiger partial charge in [0.2, 0.25) is 0 Å². The second-order valence-corrected chi connectivity index (χ2v) is 5.09. The molecule has 0 atom stereocenters. The van der Waals surface area contributed by atoms with E-state index in [1.807, 2.05) is 12.1 Å². The van der Waals surface area contributed by atoms with Gasteiger partial charge in [0.15, 0.2) is 0 Å². The van der Waals surface area contributed by atoms with Crippen LogP contribution in [0.5, 0.6) is 5.75 Å². The maximum atomic E-state index is 8.97. The molecule has 112 valence electrons. The lowest BCUT2D eigenvalue weighted by Gasteiger charge is -2.36. The van der Waals surface area contributed by atoms with Crippen LogP contribution >= 0.6 is 0 Å². The first-order chi connectivity index (χ1) is 9.76. The molecule has 5 heteroatoms. The van der Waals surface area contributed by atoms with Crippen LogP contribution in [0.2, 0.25) is 0 Å². The molecule has 5 nitrogen and oxygen atoms in total. The Bertz CT molecular complexity index is 418. The van der Waals surface area contributed by atoms with Gasteiger partial charge in [-0.3, -0.25) is 4.90 Å². The third-order valence-electron chi connectivity index (χ3n) is 3.63. The number of β-amino-alcohol motifs (C(OH)–C–C–N with tert-alkyl or cyclic N) is 1. The second-order valence-electron chi connectivity index (χ2n) is 5.09. The van der Waals surface area contributed by atoms with Crippen molar-refractivity contribution in [1.82, 2.24) is 4.90 Å². The maximum Gasteiger partial charge on any atom is 0.144 e. The molecule has 0 radical (unpaired) electrons. The Morgan fingerprint density at radius 2 is 2.00 bits per heavy atom. The zero-order chi connectivity index (χ0) is 14.4. The Morgan fingerprint density at radius 3 is 2.65 bits per heavy atom. The van der Waals surface area contributed by atoms with Crippen LogP contribution in [0.3, 0.4) is 0 Å². The summed E-state index contributed by atoms with van der Waals surface area (Å²) in [5.41, 5.74) is 8.02. The summed E-state index contributed by atoms with van der Waals surface area (Å²) >= 11 is 0. The predicted molar refractivity (Wildman–Crippen MR) is 82.4 cm³/mol. The van der Waals surface area contributed by atoms with Gasteiger partial charge >= 0.3 is 0 Å². The number of para-hydroxylation sites is 1. The maximum absolute atomic E-state index is 8.97. The van der Waals surface area contributed by atoms with Crippen molar-refractivity contribution in [2.45, 2.75) is 13.3 Å². The molecule has 0 aliphatic carbocycles. The number of hydrogen-bond acceptors (Lipinski definition) is 5. The number of aliphatic hydroxyl groups is 1. The van der Waals surface area contributed by atoms with Crippen LogP contribution in [-0.4, -0.2) is 55.9 Å². The van der Waals surface area contributed by atoms with E-state index in [0.717, 1.165) is 56.3 Å². The fourth-order valence-electron chi connectivity index (χ4n) is 2.50. The Labute approximate surface area is 120 Å². The lowest BCUT2D eigenvalue weighted by Crippen LogP contribution is -2.47. The van der Waals surface area contributed by atoms with Crippen molar-refractivity contribution < 1.29 is 9.84 Å². The minimum absolute atomic E-state index is 0.225. The van der Waals surface area contributed by atoms with Crippen molar-refractivity contribution in [2.75, 3.05) is 56.6 Å². The van der Waals surface area contributed by atoms with Crippen LogP contribution in [0, 0.1) is 0 Å². The number of aliphatic hydroxyl groups excluding tert-OH is 1. The molecule has 1 heterocycles. The summed E-state index contributed by atoms with van der Waals surface area (Å²) in [6, 6.07) is 5.98. The SMILES string of the molecule is CCCOc1cccc(N2CCN(CCO)CC2)c1N. The van der Waals surface area contributed by atoms with Crippen LogP contribution in [-0.2, 0) is 0 Å². The van der Waals surface area contributed by atoms with E-state index >= 15 is 0 Å². The highest BCUT2D eigenvalue weighted by Gasteiger charge is 2.19. The zero-order valence-corrected chi connectivity index (χ0v) is 12.2. The van der Waals surface area contributed by atoms with Gasteiger partial charge in [0.05, 0.1) is 24.6 Å². The van der Waals surface area contributed by atoms with E-state index in [0.29, 0.717) is 6.61 Å². The average molecular weight is 279 g/mol. The Morgan fingerprint density at radius 1 is 1.25 bits per heavy atom. The van der Waals surface area contributed by atoms with E-state index in [4.69, 9.17) is 15.6 Å². The van der Waals surface area contributed by atoms with E-state index in [9.17, 15) is 0 Å². The third-order valence-corrected chi connectivity index (χ3v) is 3.63. The number of piperazine rings is 1. The van der Waals surface area contributed by atoms with Crippen molar-refractivity contribution >= 4 is 11.4 Å². The minimum atomic E-state index is 0.225. The molecule has 0 unspecified atom stereocenters.